The summed E-state index contributed by atoms with van der Waals surface area (Å²) in [6.07, 6.45) is 5.42. The van der Waals surface area contributed by atoms with Crippen LogP contribution in [0.4, 0.5) is 0 Å². The van der Waals surface area contributed by atoms with E-state index >= 15 is 0 Å². The van der Waals surface area contributed by atoms with Gasteiger partial charge in [-0.15, -0.1) is 0 Å². The zero-order valence-corrected chi connectivity index (χ0v) is 17.4. The summed E-state index contributed by atoms with van der Waals surface area (Å²) in [5.74, 6) is -1.21. The maximum atomic E-state index is 12.8. The van der Waals surface area contributed by atoms with Crippen molar-refractivity contribution in [1.29, 1.82) is 0 Å². The minimum absolute atomic E-state index is 0.279. The first-order valence-electron chi connectivity index (χ1n) is 10.0. The van der Waals surface area contributed by atoms with Gasteiger partial charge in [-0.05, 0) is 37.1 Å². The number of aryl methyl sites for hydroxylation is 1. The molecule has 0 aliphatic rings. The minimum atomic E-state index is -0.638. The first-order chi connectivity index (χ1) is 15.0. The highest BCUT2D eigenvalue weighted by atomic mass is 16.2. The van der Waals surface area contributed by atoms with Crippen molar-refractivity contribution >= 4 is 11.7 Å². The normalized spacial score (nSPS) is 10.8. The average molecular weight is 413 g/mol. The molecule has 0 fully saturated rings. The lowest BCUT2D eigenvalue weighted by Gasteiger charge is -2.07. The SMILES string of the molecule is Cc1nn(-c2ccccc2)c(C)c1C(=O)C(=O)NCc1ccc(Cn2ccnc2)cc1. The standard InChI is InChI=1S/C24H23N5O2/c1-17-22(18(2)29(27-17)21-6-4-3-5-7-21)23(30)24(31)26-14-19-8-10-20(11-9-19)15-28-13-12-25-16-28/h3-13,16H,14-15H2,1-2H3,(H,26,31). The van der Waals surface area contributed by atoms with Gasteiger partial charge in [0.1, 0.15) is 0 Å². The molecule has 2 aromatic carbocycles. The molecular formula is C24H23N5O2. The van der Waals surface area contributed by atoms with E-state index in [0.717, 1.165) is 23.4 Å². The van der Waals surface area contributed by atoms with Crippen LogP contribution >= 0.6 is 0 Å². The van der Waals surface area contributed by atoms with E-state index in [2.05, 4.69) is 15.4 Å². The molecule has 0 aliphatic carbocycles. The topological polar surface area (TPSA) is 81.8 Å². The van der Waals surface area contributed by atoms with Gasteiger partial charge in [0.2, 0.25) is 0 Å². The molecule has 7 heteroatoms. The van der Waals surface area contributed by atoms with Crippen LogP contribution in [-0.2, 0) is 17.9 Å². The van der Waals surface area contributed by atoms with Crippen molar-refractivity contribution in [1.82, 2.24) is 24.6 Å². The molecule has 4 aromatic rings. The molecule has 0 bridgehead atoms. The summed E-state index contributed by atoms with van der Waals surface area (Å²) in [4.78, 5) is 29.4. The Morgan fingerprint density at radius 1 is 0.968 bits per heavy atom. The lowest BCUT2D eigenvalue weighted by Crippen LogP contribution is -2.31. The van der Waals surface area contributed by atoms with E-state index in [-0.39, 0.29) is 6.54 Å². The van der Waals surface area contributed by atoms with Gasteiger partial charge in [-0.2, -0.15) is 5.10 Å². The zero-order chi connectivity index (χ0) is 21.8. The Balaban J connectivity index is 1.41. The number of imidazole rings is 1. The van der Waals surface area contributed by atoms with Crippen LogP contribution in [0.25, 0.3) is 5.69 Å². The number of Topliss-reactive ketones (excluding diaryl/α,β-unsaturated/α-hetero) is 1. The molecule has 0 saturated heterocycles. The molecule has 1 amide bonds. The van der Waals surface area contributed by atoms with Crippen LogP contribution in [-0.4, -0.2) is 31.0 Å². The molecule has 7 nitrogen and oxygen atoms in total. The van der Waals surface area contributed by atoms with Crippen molar-refractivity contribution in [3.8, 4) is 5.69 Å². The van der Waals surface area contributed by atoms with Crippen LogP contribution in [0, 0.1) is 13.8 Å². The molecule has 156 valence electrons. The van der Waals surface area contributed by atoms with Gasteiger partial charge >= 0.3 is 0 Å². The van der Waals surface area contributed by atoms with Crippen LogP contribution in [0.15, 0.2) is 73.3 Å². The van der Waals surface area contributed by atoms with Crippen LogP contribution in [0.1, 0.15) is 32.9 Å². The Kier molecular flexibility index (Phi) is 5.75. The Morgan fingerprint density at radius 2 is 1.68 bits per heavy atom. The fourth-order valence-corrected chi connectivity index (χ4v) is 3.52. The fraction of sp³-hybridized carbons (Fsp3) is 0.167. The number of para-hydroxylation sites is 1. The molecule has 0 unspecified atom stereocenters. The van der Waals surface area contributed by atoms with Crippen LogP contribution in [0.2, 0.25) is 0 Å². The smallest absolute Gasteiger partial charge is 0.292 e. The Morgan fingerprint density at radius 3 is 2.35 bits per heavy atom. The van der Waals surface area contributed by atoms with Crippen molar-refractivity contribution in [3.05, 3.63) is 101 Å². The number of rotatable bonds is 7. The van der Waals surface area contributed by atoms with Crippen molar-refractivity contribution in [2.24, 2.45) is 0 Å². The fourth-order valence-electron chi connectivity index (χ4n) is 3.52. The minimum Gasteiger partial charge on any atom is -0.345 e. The Bertz CT molecular complexity index is 1190. The quantitative estimate of drug-likeness (QED) is 0.373. The number of carbonyl (C=O) groups is 2. The van der Waals surface area contributed by atoms with E-state index in [0.29, 0.717) is 17.0 Å². The van der Waals surface area contributed by atoms with E-state index in [4.69, 9.17) is 0 Å². The van der Waals surface area contributed by atoms with E-state index in [1.165, 1.54) is 0 Å². The molecule has 2 heterocycles. The number of carbonyl (C=O) groups excluding carboxylic acids is 2. The molecule has 1 N–H and O–H groups in total. The number of nitrogens with zero attached hydrogens (tertiary/aromatic N) is 4. The number of nitrogens with one attached hydrogen (secondary N) is 1. The van der Waals surface area contributed by atoms with Gasteiger partial charge in [0.25, 0.3) is 11.7 Å². The third kappa shape index (κ3) is 4.45. The number of amides is 1. The number of aromatic nitrogens is 4. The lowest BCUT2D eigenvalue weighted by molar-refractivity contribution is -0.117. The third-order valence-electron chi connectivity index (χ3n) is 5.13. The summed E-state index contributed by atoms with van der Waals surface area (Å²) in [6, 6.07) is 17.4. The number of hydrogen-bond acceptors (Lipinski definition) is 4. The van der Waals surface area contributed by atoms with Gasteiger partial charge in [0.05, 0.1) is 29.0 Å². The molecule has 4 rings (SSSR count). The van der Waals surface area contributed by atoms with E-state index in [1.54, 1.807) is 31.1 Å². The molecular weight excluding hydrogens is 390 g/mol. The van der Waals surface area contributed by atoms with Crippen molar-refractivity contribution in [3.63, 3.8) is 0 Å². The van der Waals surface area contributed by atoms with Crippen LogP contribution < -0.4 is 5.32 Å². The zero-order valence-electron chi connectivity index (χ0n) is 17.4. The van der Waals surface area contributed by atoms with Gasteiger partial charge in [-0.25, -0.2) is 9.67 Å². The van der Waals surface area contributed by atoms with E-state index in [1.807, 2.05) is 65.4 Å². The second kappa shape index (κ2) is 8.79. The first kappa shape index (κ1) is 20.3. The summed E-state index contributed by atoms with van der Waals surface area (Å²) in [6.45, 7) is 4.55. The van der Waals surface area contributed by atoms with Gasteiger partial charge in [0, 0.05) is 25.5 Å². The van der Waals surface area contributed by atoms with Gasteiger partial charge < -0.3 is 9.88 Å². The molecule has 0 radical (unpaired) electrons. The van der Waals surface area contributed by atoms with E-state index in [9.17, 15) is 9.59 Å². The first-order valence-corrected chi connectivity index (χ1v) is 10.0. The summed E-state index contributed by atoms with van der Waals surface area (Å²) in [5, 5.41) is 7.18. The predicted octanol–water partition coefficient (Wildman–Crippen LogP) is 3.23. The largest absolute Gasteiger partial charge is 0.345 e. The van der Waals surface area contributed by atoms with Crippen molar-refractivity contribution in [2.75, 3.05) is 0 Å². The van der Waals surface area contributed by atoms with E-state index < -0.39 is 11.7 Å². The molecule has 0 atom stereocenters. The highest BCUT2D eigenvalue weighted by Crippen LogP contribution is 2.18. The van der Waals surface area contributed by atoms with Crippen molar-refractivity contribution < 1.29 is 9.59 Å². The average Bonchev–Trinajstić information content (AvgIpc) is 3.40. The van der Waals surface area contributed by atoms with Crippen molar-refractivity contribution in [2.45, 2.75) is 26.9 Å². The molecule has 0 saturated carbocycles. The molecule has 2 aromatic heterocycles. The highest BCUT2D eigenvalue weighted by Gasteiger charge is 2.24. The summed E-state index contributed by atoms with van der Waals surface area (Å²) >= 11 is 0. The van der Waals surface area contributed by atoms with Gasteiger partial charge in [-0.3, -0.25) is 9.59 Å². The summed E-state index contributed by atoms with van der Waals surface area (Å²) in [5.41, 5.74) is 4.42. The maximum absolute atomic E-state index is 12.8. The summed E-state index contributed by atoms with van der Waals surface area (Å²) in [7, 11) is 0. The second-order valence-electron chi connectivity index (χ2n) is 7.36. The summed E-state index contributed by atoms with van der Waals surface area (Å²) < 4.78 is 3.67. The second-order valence-corrected chi connectivity index (χ2v) is 7.36. The van der Waals surface area contributed by atoms with Crippen LogP contribution in [0.5, 0.6) is 0 Å². The van der Waals surface area contributed by atoms with Gasteiger partial charge in [-0.1, -0.05) is 42.5 Å². The number of benzene rings is 2. The van der Waals surface area contributed by atoms with Gasteiger partial charge in [0.15, 0.2) is 0 Å². The number of ketones is 1. The lowest BCUT2D eigenvalue weighted by atomic mass is 10.1. The monoisotopic (exact) mass is 413 g/mol. The molecule has 0 spiro atoms. The molecule has 0 aliphatic heterocycles. The Hall–Kier alpha value is -4.00. The molecule has 31 heavy (non-hydrogen) atoms. The van der Waals surface area contributed by atoms with Crippen LogP contribution in [0.3, 0.4) is 0 Å². The highest BCUT2D eigenvalue weighted by molar-refractivity contribution is 6.43. The number of hydrogen-bond donors (Lipinski definition) is 1. The Labute approximate surface area is 180 Å². The third-order valence-corrected chi connectivity index (χ3v) is 5.13. The maximum Gasteiger partial charge on any atom is 0.292 e. The predicted molar refractivity (Wildman–Crippen MR) is 117 cm³/mol.